The van der Waals surface area contributed by atoms with Gasteiger partial charge in [0, 0.05) is 11.1 Å². The molecule has 0 saturated carbocycles. The molecular formula is C31H32F6O7. The van der Waals surface area contributed by atoms with Crippen LogP contribution in [0.25, 0.3) is 0 Å². The number of benzene rings is 3. The van der Waals surface area contributed by atoms with E-state index >= 15 is 0 Å². The topological polar surface area (TPSA) is 75.6 Å². The molecule has 0 aromatic heterocycles. The maximum absolute atomic E-state index is 13.1. The number of phenolic OH excluding ortho intramolecular Hbond substituents is 1. The van der Waals surface area contributed by atoms with E-state index in [1.165, 1.54) is 31.4 Å². The van der Waals surface area contributed by atoms with E-state index in [9.17, 15) is 31.4 Å². The van der Waals surface area contributed by atoms with Gasteiger partial charge in [-0.05, 0) is 47.5 Å². The van der Waals surface area contributed by atoms with Crippen molar-refractivity contribution in [2.24, 2.45) is 0 Å². The van der Waals surface area contributed by atoms with Gasteiger partial charge in [0.05, 0.1) is 71.1 Å². The van der Waals surface area contributed by atoms with Crippen LogP contribution in [0.2, 0.25) is 0 Å². The average Bonchev–Trinajstić information content (AvgIpc) is 2.99. The van der Waals surface area contributed by atoms with Gasteiger partial charge in [-0.15, -0.1) is 0 Å². The first-order valence-electron chi connectivity index (χ1n) is 13.6. The van der Waals surface area contributed by atoms with Crippen molar-refractivity contribution in [3.8, 4) is 11.5 Å². The number of fused-ring (bicyclic) bond motifs is 2. The molecule has 1 aliphatic heterocycles. The minimum Gasteiger partial charge on any atom is -0.507 e. The summed E-state index contributed by atoms with van der Waals surface area (Å²) in [5.74, 6) is 0.303. The zero-order chi connectivity index (χ0) is 31.7. The number of hydrogen-bond donors (Lipinski definition) is 1. The van der Waals surface area contributed by atoms with E-state index in [4.69, 9.17) is 28.4 Å². The maximum Gasteiger partial charge on any atom is 0.416 e. The molecule has 0 aliphatic carbocycles. The van der Waals surface area contributed by atoms with Gasteiger partial charge in [0.2, 0.25) is 0 Å². The van der Waals surface area contributed by atoms with E-state index in [0.717, 1.165) is 24.3 Å². The van der Waals surface area contributed by atoms with Crippen LogP contribution in [-0.2, 0) is 49.3 Å². The molecule has 0 saturated heterocycles. The highest BCUT2D eigenvalue weighted by Crippen LogP contribution is 2.33. The Morgan fingerprint density at radius 1 is 0.636 bits per heavy atom. The van der Waals surface area contributed by atoms with Crippen molar-refractivity contribution in [2.45, 2.75) is 37.8 Å². The van der Waals surface area contributed by atoms with Crippen LogP contribution in [0.3, 0.4) is 0 Å². The molecule has 7 nitrogen and oxygen atoms in total. The molecule has 1 aliphatic rings. The van der Waals surface area contributed by atoms with Crippen LogP contribution >= 0.6 is 0 Å². The third-order valence-electron chi connectivity index (χ3n) is 6.84. The largest absolute Gasteiger partial charge is 0.507 e. The smallest absolute Gasteiger partial charge is 0.416 e. The summed E-state index contributed by atoms with van der Waals surface area (Å²) in [4.78, 5) is 0. The summed E-state index contributed by atoms with van der Waals surface area (Å²) in [7, 11) is 1.45. The second-order valence-electron chi connectivity index (χ2n) is 9.90. The Morgan fingerprint density at radius 3 is 1.41 bits per heavy atom. The third kappa shape index (κ3) is 9.32. The summed E-state index contributed by atoms with van der Waals surface area (Å²) in [5, 5.41) is 10.9. The van der Waals surface area contributed by atoms with Gasteiger partial charge >= 0.3 is 12.4 Å². The molecule has 0 amide bonds. The fourth-order valence-electron chi connectivity index (χ4n) is 4.47. The van der Waals surface area contributed by atoms with Gasteiger partial charge in [-0.1, -0.05) is 24.3 Å². The number of phenols is 1. The predicted molar refractivity (Wildman–Crippen MR) is 145 cm³/mol. The first-order valence-corrected chi connectivity index (χ1v) is 13.6. The summed E-state index contributed by atoms with van der Waals surface area (Å²) >= 11 is 0. The minimum absolute atomic E-state index is 0.0359. The number of ether oxygens (including phenoxy) is 6. The minimum atomic E-state index is -4.49. The highest BCUT2D eigenvalue weighted by Gasteiger charge is 2.31. The fourth-order valence-corrected chi connectivity index (χ4v) is 4.47. The molecule has 1 N–H and O–H groups in total. The lowest BCUT2D eigenvalue weighted by Crippen LogP contribution is -2.18. The van der Waals surface area contributed by atoms with Crippen molar-refractivity contribution in [3.63, 3.8) is 0 Å². The molecule has 0 unspecified atom stereocenters. The maximum atomic E-state index is 13.1. The molecule has 1 heterocycles. The van der Waals surface area contributed by atoms with Crippen molar-refractivity contribution in [1.29, 1.82) is 0 Å². The third-order valence-corrected chi connectivity index (χ3v) is 6.84. The number of alkyl halides is 6. The zero-order valence-electron chi connectivity index (χ0n) is 23.7. The highest BCUT2D eigenvalue weighted by atomic mass is 19.4. The number of methoxy groups -OCH3 is 1. The molecule has 13 heteroatoms. The van der Waals surface area contributed by atoms with Crippen molar-refractivity contribution in [3.05, 3.63) is 94.0 Å². The SMILES string of the molecule is COc1cc2c(O)c(c1)COC[C@H](c1ccc(C(F)(F)F)cc1)OCCOCCO[C@@H](c1ccc(C(F)(F)F)cc1)COC2. The molecule has 3 aromatic rings. The fraction of sp³-hybridized carbons (Fsp3) is 0.419. The van der Waals surface area contributed by atoms with Gasteiger partial charge in [-0.3, -0.25) is 0 Å². The van der Waals surface area contributed by atoms with Crippen LogP contribution in [0.5, 0.6) is 11.5 Å². The van der Waals surface area contributed by atoms with Crippen LogP contribution in [0.1, 0.15) is 45.6 Å². The molecule has 2 bridgehead atoms. The average molecular weight is 631 g/mol. The van der Waals surface area contributed by atoms with Gasteiger partial charge in [0.15, 0.2) is 0 Å². The number of hydrogen-bond acceptors (Lipinski definition) is 7. The molecule has 3 aromatic carbocycles. The van der Waals surface area contributed by atoms with Gasteiger partial charge in [0.1, 0.15) is 23.7 Å². The van der Waals surface area contributed by atoms with E-state index in [0.29, 0.717) is 28.0 Å². The Kier molecular flexibility index (Phi) is 11.5. The van der Waals surface area contributed by atoms with E-state index in [1.807, 2.05) is 0 Å². The van der Waals surface area contributed by atoms with E-state index < -0.39 is 35.7 Å². The summed E-state index contributed by atoms with van der Waals surface area (Å²) in [6, 6.07) is 12.3. The number of rotatable bonds is 3. The summed E-state index contributed by atoms with van der Waals surface area (Å²) in [6.45, 7) is 0.181. The highest BCUT2D eigenvalue weighted by molar-refractivity contribution is 5.46. The standard InChI is InChI=1S/C31H32F6O7/c1-39-26-14-22-16-41-18-27(20-2-6-24(7-3-20)30(32,33)34)43-12-10-40-11-13-44-28(19-42-17-23(15-26)29(22)38)21-4-8-25(9-5-21)31(35,36)37/h2-9,14-15,27-28,38H,10-13,16-19H2,1H3/t27-,28-/m1/s1. The van der Waals surface area contributed by atoms with Gasteiger partial charge in [-0.25, -0.2) is 0 Å². The normalized spacial score (nSPS) is 20.0. The van der Waals surface area contributed by atoms with Crippen LogP contribution in [0.4, 0.5) is 26.3 Å². The van der Waals surface area contributed by atoms with Crippen molar-refractivity contribution in [2.75, 3.05) is 46.8 Å². The molecule has 0 radical (unpaired) electrons. The zero-order valence-corrected chi connectivity index (χ0v) is 23.7. The number of halogens is 6. The lowest BCUT2D eigenvalue weighted by atomic mass is 10.1. The quantitative estimate of drug-likeness (QED) is 0.312. The Bertz CT molecular complexity index is 1230. The first kappa shape index (κ1) is 33.5. The van der Waals surface area contributed by atoms with Crippen LogP contribution < -0.4 is 4.74 Å². The van der Waals surface area contributed by atoms with Crippen LogP contribution in [0.15, 0.2) is 60.7 Å². The second-order valence-corrected chi connectivity index (χ2v) is 9.90. The van der Waals surface area contributed by atoms with E-state index in [2.05, 4.69) is 0 Å². The molecular weight excluding hydrogens is 598 g/mol. The van der Waals surface area contributed by atoms with Crippen LogP contribution in [-0.4, -0.2) is 51.9 Å². The van der Waals surface area contributed by atoms with Gasteiger partial charge in [-0.2, -0.15) is 26.3 Å². The first-order chi connectivity index (χ1) is 21.0. The monoisotopic (exact) mass is 630 g/mol. The van der Waals surface area contributed by atoms with Crippen molar-refractivity contribution >= 4 is 0 Å². The van der Waals surface area contributed by atoms with Gasteiger partial charge < -0.3 is 33.5 Å². The molecule has 2 atom stereocenters. The van der Waals surface area contributed by atoms with Crippen molar-refractivity contribution in [1.82, 2.24) is 0 Å². The molecule has 0 spiro atoms. The van der Waals surface area contributed by atoms with E-state index in [1.54, 1.807) is 12.1 Å². The van der Waals surface area contributed by atoms with E-state index in [-0.39, 0.29) is 58.6 Å². The second kappa shape index (κ2) is 15.1. The summed E-state index contributed by atoms with van der Waals surface area (Å²) in [5.41, 5.74) is 0.0639. The Hall–Kier alpha value is -3.36. The van der Waals surface area contributed by atoms with Gasteiger partial charge in [0.25, 0.3) is 0 Å². The Labute approximate surface area is 250 Å². The lowest BCUT2D eigenvalue weighted by molar-refractivity contribution is -0.138. The predicted octanol–water partition coefficient (Wildman–Crippen LogP) is 7.02. The summed E-state index contributed by atoms with van der Waals surface area (Å²) in [6.07, 6.45) is -10.5. The lowest BCUT2D eigenvalue weighted by Gasteiger charge is -2.22. The molecule has 4 rings (SSSR count). The van der Waals surface area contributed by atoms with Crippen molar-refractivity contribution < 1.29 is 59.9 Å². The van der Waals surface area contributed by atoms with Crippen LogP contribution in [0, 0.1) is 0 Å². The molecule has 44 heavy (non-hydrogen) atoms. The Morgan fingerprint density at radius 2 is 1.05 bits per heavy atom. The summed E-state index contributed by atoms with van der Waals surface area (Å²) < 4.78 is 113. The Balaban J connectivity index is 1.53. The molecule has 240 valence electrons. The number of aromatic hydroxyl groups is 1. The molecule has 0 fully saturated rings.